The highest BCUT2D eigenvalue weighted by molar-refractivity contribution is 5.87. The third-order valence-electron chi connectivity index (χ3n) is 5.16. The van der Waals surface area contributed by atoms with Gasteiger partial charge in [0.1, 0.15) is 17.0 Å². The molecule has 6 bridgehead atoms. The van der Waals surface area contributed by atoms with Crippen molar-refractivity contribution in [2.24, 2.45) is 11.8 Å². The summed E-state index contributed by atoms with van der Waals surface area (Å²) >= 11 is 0. The summed E-state index contributed by atoms with van der Waals surface area (Å²) in [5, 5.41) is 0. The lowest BCUT2D eigenvalue weighted by atomic mass is 9.68. The van der Waals surface area contributed by atoms with Crippen molar-refractivity contribution in [1.82, 2.24) is 0 Å². The van der Waals surface area contributed by atoms with Crippen LogP contribution in [0.2, 0.25) is 0 Å². The average molecular weight is 254 g/mol. The van der Waals surface area contributed by atoms with E-state index in [-0.39, 0.29) is 11.8 Å². The Morgan fingerprint density at radius 3 is 2.00 bits per heavy atom. The van der Waals surface area contributed by atoms with E-state index in [0.29, 0.717) is 5.78 Å². The minimum Gasteiger partial charge on any atom is -0.357 e. The summed E-state index contributed by atoms with van der Waals surface area (Å²) in [5.41, 5.74) is -1.42. The Labute approximate surface area is 106 Å². The summed E-state index contributed by atoms with van der Waals surface area (Å²) in [7, 11) is 0. The van der Waals surface area contributed by atoms with Crippen molar-refractivity contribution in [3.05, 3.63) is 0 Å². The fourth-order valence-electron chi connectivity index (χ4n) is 4.12. The van der Waals surface area contributed by atoms with E-state index in [4.69, 9.17) is 19.2 Å². The first-order chi connectivity index (χ1) is 8.56. The zero-order chi connectivity index (χ0) is 12.5. The van der Waals surface area contributed by atoms with Gasteiger partial charge in [0.25, 0.3) is 0 Å². The number of ether oxygens (including phenoxy) is 2. The molecule has 4 aliphatic rings. The average Bonchev–Trinajstić information content (AvgIpc) is 2.71. The van der Waals surface area contributed by atoms with Crippen LogP contribution < -0.4 is 0 Å². The second-order valence-corrected chi connectivity index (χ2v) is 6.25. The van der Waals surface area contributed by atoms with Crippen LogP contribution >= 0.6 is 0 Å². The number of ketones is 1. The monoisotopic (exact) mass is 254 g/mol. The Hall–Kier alpha value is -0.490. The predicted molar refractivity (Wildman–Crippen MR) is 59.2 cm³/mol. The molecule has 1 saturated carbocycles. The zero-order valence-corrected chi connectivity index (χ0v) is 10.7. The molecule has 0 aromatic carbocycles. The Balaban J connectivity index is 1.87. The zero-order valence-electron chi connectivity index (χ0n) is 10.7. The Bertz CT molecular complexity index is 376. The quantitative estimate of drug-likeness (QED) is 0.614. The van der Waals surface area contributed by atoms with E-state index in [1.54, 1.807) is 0 Å². The van der Waals surface area contributed by atoms with Gasteiger partial charge in [0.2, 0.25) is 12.6 Å². The van der Waals surface area contributed by atoms with Gasteiger partial charge in [-0.1, -0.05) is 12.8 Å². The van der Waals surface area contributed by atoms with Crippen molar-refractivity contribution in [2.75, 3.05) is 0 Å². The molecule has 0 amide bonds. The van der Waals surface area contributed by atoms with Crippen LogP contribution in [-0.4, -0.2) is 29.6 Å². The van der Waals surface area contributed by atoms with E-state index in [1.807, 2.05) is 13.8 Å². The van der Waals surface area contributed by atoms with Gasteiger partial charge in [-0.2, -0.15) is 9.78 Å². The lowest BCUT2D eigenvalue weighted by Gasteiger charge is -2.55. The Morgan fingerprint density at radius 1 is 1.00 bits per heavy atom. The van der Waals surface area contributed by atoms with Gasteiger partial charge < -0.3 is 9.47 Å². The summed E-state index contributed by atoms with van der Waals surface area (Å²) < 4.78 is 12.1. The first-order valence-electron chi connectivity index (χ1n) is 6.77. The number of Topliss-reactive ketones (excluding diaryl/α,β-unsaturated/α-hetero) is 1. The molecule has 100 valence electrons. The van der Waals surface area contributed by atoms with Crippen molar-refractivity contribution in [1.29, 1.82) is 0 Å². The molecule has 6 atom stereocenters. The van der Waals surface area contributed by atoms with Crippen LogP contribution in [0.5, 0.6) is 0 Å². The van der Waals surface area contributed by atoms with Gasteiger partial charge in [0, 0.05) is 0 Å². The number of fused-ring (bicyclic) bond motifs is 10. The van der Waals surface area contributed by atoms with Gasteiger partial charge in [0.05, 0.1) is 11.8 Å². The van der Waals surface area contributed by atoms with E-state index in [1.165, 1.54) is 0 Å². The van der Waals surface area contributed by atoms with Crippen LogP contribution in [0, 0.1) is 11.8 Å². The normalized spacial score (nSPS) is 58.4. The highest BCUT2D eigenvalue weighted by atomic mass is 17.3. The van der Waals surface area contributed by atoms with Gasteiger partial charge in [-0.25, -0.2) is 0 Å². The Morgan fingerprint density at radius 2 is 1.50 bits per heavy atom. The van der Waals surface area contributed by atoms with Gasteiger partial charge >= 0.3 is 0 Å². The molecule has 0 spiro atoms. The molecular weight excluding hydrogens is 236 g/mol. The van der Waals surface area contributed by atoms with E-state index in [0.717, 1.165) is 25.7 Å². The predicted octanol–water partition coefficient (Wildman–Crippen LogP) is 1.55. The van der Waals surface area contributed by atoms with Crippen LogP contribution in [0.25, 0.3) is 0 Å². The van der Waals surface area contributed by atoms with Crippen molar-refractivity contribution < 1.29 is 24.0 Å². The fraction of sp³-hybridized carbons (Fsp3) is 0.923. The molecule has 0 unspecified atom stereocenters. The van der Waals surface area contributed by atoms with E-state index in [9.17, 15) is 4.79 Å². The minimum absolute atomic E-state index is 0.134. The molecule has 3 aliphatic heterocycles. The number of rotatable bonds is 0. The maximum Gasteiger partial charge on any atom is 0.223 e. The fourth-order valence-corrected chi connectivity index (χ4v) is 4.12. The first-order valence-corrected chi connectivity index (χ1v) is 6.77. The van der Waals surface area contributed by atoms with E-state index < -0.39 is 23.8 Å². The second-order valence-electron chi connectivity index (χ2n) is 6.25. The van der Waals surface area contributed by atoms with Gasteiger partial charge in [-0.05, 0) is 26.7 Å². The van der Waals surface area contributed by atoms with Crippen LogP contribution in [0.3, 0.4) is 0 Å². The highest BCUT2D eigenvalue weighted by Gasteiger charge is 2.70. The molecule has 5 heteroatoms. The molecule has 3 heterocycles. The molecule has 3 saturated heterocycles. The topological polar surface area (TPSA) is 54.0 Å². The van der Waals surface area contributed by atoms with Crippen LogP contribution in [0.15, 0.2) is 0 Å². The van der Waals surface area contributed by atoms with Gasteiger partial charge in [-0.15, -0.1) is 0 Å². The largest absolute Gasteiger partial charge is 0.357 e. The van der Waals surface area contributed by atoms with E-state index in [2.05, 4.69) is 0 Å². The van der Waals surface area contributed by atoms with Crippen LogP contribution in [-0.2, 0) is 24.0 Å². The maximum atomic E-state index is 12.7. The SMILES string of the molecule is C[C@]12O[C@](C)([C@@H]3OO[C@H]1O3)[C@H]1CCCC[C@@H]2C1=O. The highest BCUT2D eigenvalue weighted by Crippen LogP contribution is 2.56. The number of carbonyl (C=O) groups excluding carboxylic acids is 1. The summed E-state index contributed by atoms with van der Waals surface area (Å²) in [4.78, 5) is 23.2. The lowest BCUT2D eigenvalue weighted by molar-refractivity contribution is -0.343. The molecule has 4 fully saturated rings. The van der Waals surface area contributed by atoms with Gasteiger partial charge in [0.15, 0.2) is 0 Å². The van der Waals surface area contributed by atoms with Crippen molar-refractivity contribution in [3.8, 4) is 0 Å². The summed E-state index contributed by atoms with van der Waals surface area (Å²) in [5.74, 6) is 0.0487. The summed E-state index contributed by atoms with van der Waals surface area (Å²) in [6.07, 6.45) is 2.69. The minimum atomic E-state index is -0.709. The molecule has 0 aromatic rings. The lowest BCUT2D eigenvalue weighted by Crippen LogP contribution is -2.70. The molecular formula is C13H18O5. The third kappa shape index (κ3) is 1.14. The molecule has 0 aromatic heterocycles. The van der Waals surface area contributed by atoms with Gasteiger partial charge in [-0.3, -0.25) is 4.79 Å². The Kier molecular flexibility index (Phi) is 2.10. The molecule has 4 rings (SSSR count). The van der Waals surface area contributed by atoms with Crippen molar-refractivity contribution in [2.45, 2.75) is 63.3 Å². The standard InChI is InChI=1S/C13H18O5/c1-12-7-5-3-4-6-8(9(7)14)13(2,18-12)11-15-10(12)16-17-11/h7-8,10-11H,3-6H2,1-2H3/t7-,8+,10-,11+,12-,13+. The van der Waals surface area contributed by atoms with Crippen LogP contribution in [0.1, 0.15) is 39.5 Å². The third-order valence-corrected chi connectivity index (χ3v) is 5.16. The molecule has 5 nitrogen and oxygen atoms in total. The smallest absolute Gasteiger partial charge is 0.223 e. The molecule has 0 N–H and O–H groups in total. The molecule has 0 radical (unpaired) electrons. The molecule has 18 heavy (non-hydrogen) atoms. The van der Waals surface area contributed by atoms with E-state index >= 15 is 0 Å². The first kappa shape index (κ1) is 11.3. The summed E-state index contributed by atoms with van der Waals surface area (Å²) in [6, 6.07) is 0. The van der Waals surface area contributed by atoms with Crippen molar-refractivity contribution in [3.63, 3.8) is 0 Å². The second kappa shape index (κ2) is 3.33. The number of hydrogen-bond acceptors (Lipinski definition) is 5. The number of hydrogen-bond donors (Lipinski definition) is 0. The molecule has 1 aliphatic carbocycles. The number of carbonyl (C=O) groups is 1. The maximum absolute atomic E-state index is 12.7. The summed E-state index contributed by atoms with van der Waals surface area (Å²) in [6.45, 7) is 3.84. The van der Waals surface area contributed by atoms with Crippen molar-refractivity contribution >= 4 is 5.78 Å². The van der Waals surface area contributed by atoms with Crippen LogP contribution in [0.4, 0.5) is 0 Å².